The zero-order valence-electron chi connectivity index (χ0n) is 13.1. The lowest BCUT2D eigenvalue weighted by Crippen LogP contribution is -2.44. The third-order valence-electron chi connectivity index (χ3n) is 4.40. The fraction of sp³-hybridized carbons (Fsp3) is 0.733. The molecule has 0 spiro atoms. The van der Waals surface area contributed by atoms with Crippen LogP contribution in [0.15, 0.2) is 6.07 Å². The Hall–Kier alpha value is -1.53. The molecule has 0 aliphatic heterocycles. The molecule has 1 aliphatic rings. The lowest BCUT2D eigenvalue weighted by Gasteiger charge is -2.30. The minimum absolute atomic E-state index is 0.0988. The number of aryl methyl sites for hydroxylation is 1. The third-order valence-corrected chi connectivity index (χ3v) is 4.40. The number of halogens is 3. The van der Waals surface area contributed by atoms with E-state index in [4.69, 9.17) is 0 Å². The third kappa shape index (κ3) is 3.62. The highest BCUT2D eigenvalue weighted by Gasteiger charge is 2.35. The fourth-order valence-electron chi connectivity index (χ4n) is 2.96. The van der Waals surface area contributed by atoms with E-state index in [0.29, 0.717) is 11.6 Å². The van der Waals surface area contributed by atoms with Crippen LogP contribution in [0.2, 0.25) is 0 Å². The molecule has 0 unspecified atom stereocenters. The van der Waals surface area contributed by atoms with Crippen LogP contribution in [-0.2, 0) is 11.0 Å². The van der Waals surface area contributed by atoms with Crippen molar-refractivity contribution in [1.29, 1.82) is 0 Å². The fourth-order valence-corrected chi connectivity index (χ4v) is 2.96. The molecule has 1 heterocycles. The van der Waals surface area contributed by atoms with E-state index in [2.05, 4.69) is 17.3 Å². The monoisotopic (exact) mass is 317 g/mol. The van der Waals surface area contributed by atoms with E-state index < -0.39 is 17.9 Å². The zero-order chi connectivity index (χ0) is 16.5. The van der Waals surface area contributed by atoms with E-state index in [1.54, 1.807) is 6.92 Å². The van der Waals surface area contributed by atoms with Crippen molar-refractivity contribution >= 4 is 5.91 Å². The number of hydrogen-bond donors (Lipinski definition) is 1. The van der Waals surface area contributed by atoms with Crippen molar-refractivity contribution in [3.8, 4) is 0 Å². The molecule has 0 saturated heterocycles. The second-order valence-electron chi connectivity index (χ2n) is 6.17. The van der Waals surface area contributed by atoms with Crippen LogP contribution in [-0.4, -0.2) is 21.7 Å². The van der Waals surface area contributed by atoms with Crippen molar-refractivity contribution in [2.45, 2.75) is 64.7 Å². The van der Waals surface area contributed by atoms with Gasteiger partial charge in [-0.1, -0.05) is 19.8 Å². The Labute approximate surface area is 128 Å². The summed E-state index contributed by atoms with van der Waals surface area (Å²) in [5.41, 5.74) is -0.637. The van der Waals surface area contributed by atoms with E-state index in [1.807, 2.05) is 0 Å². The molecule has 3 atom stereocenters. The van der Waals surface area contributed by atoms with E-state index >= 15 is 0 Å². The Bertz CT molecular complexity index is 539. The lowest BCUT2D eigenvalue weighted by atomic mass is 9.86. The standard InChI is InChI=1S/C15H22F3N3O/c1-9-6-4-5-7-12(9)19-14(22)11(3)21-10(2)8-13(20-21)15(16,17)18/h8-9,11-12H,4-7H2,1-3H3,(H,19,22)/t9-,11+,12-/m0/s1. The molecule has 1 saturated carbocycles. The summed E-state index contributed by atoms with van der Waals surface area (Å²) >= 11 is 0. The molecule has 22 heavy (non-hydrogen) atoms. The van der Waals surface area contributed by atoms with Crippen LogP contribution >= 0.6 is 0 Å². The first-order valence-electron chi connectivity index (χ1n) is 7.64. The summed E-state index contributed by atoms with van der Waals surface area (Å²) in [4.78, 5) is 12.3. The molecule has 2 rings (SSSR count). The van der Waals surface area contributed by atoms with Crippen molar-refractivity contribution in [3.63, 3.8) is 0 Å². The number of carbonyl (C=O) groups excluding carboxylic acids is 1. The average Bonchev–Trinajstić information content (AvgIpc) is 2.82. The Balaban J connectivity index is 2.09. The highest BCUT2D eigenvalue weighted by molar-refractivity contribution is 5.80. The van der Waals surface area contributed by atoms with Crippen molar-refractivity contribution in [3.05, 3.63) is 17.5 Å². The number of rotatable bonds is 3. The number of carbonyl (C=O) groups is 1. The number of aromatic nitrogens is 2. The molecule has 0 radical (unpaired) electrons. The molecule has 4 nitrogen and oxygen atoms in total. The Morgan fingerprint density at radius 1 is 1.41 bits per heavy atom. The first-order valence-corrected chi connectivity index (χ1v) is 7.64. The average molecular weight is 317 g/mol. The maximum absolute atomic E-state index is 12.7. The number of nitrogens with one attached hydrogen (secondary N) is 1. The van der Waals surface area contributed by atoms with E-state index in [0.717, 1.165) is 36.4 Å². The summed E-state index contributed by atoms with van der Waals surface area (Å²) in [6.07, 6.45) is -0.271. The van der Waals surface area contributed by atoms with Crippen LogP contribution in [0.1, 0.15) is 57.0 Å². The molecule has 1 N–H and O–H groups in total. The van der Waals surface area contributed by atoms with Gasteiger partial charge in [0.05, 0.1) is 0 Å². The number of amides is 1. The van der Waals surface area contributed by atoms with Crippen LogP contribution in [0.4, 0.5) is 13.2 Å². The Morgan fingerprint density at radius 3 is 2.59 bits per heavy atom. The summed E-state index contributed by atoms with van der Waals surface area (Å²) in [5.74, 6) is 0.119. The van der Waals surface area contributed by atoms with Crippen LogP contribution in [0.25, 0.3) is 0 Å². The molecule has 1 amide bonds. The molecule has 124 valence electrons. The summed E-state index contributed by atoms with van der Waals surface area (Å²) in [6, 6.07) is 0.305. The van der Waals surface area contributed by atoms with E-state index in [9.17, 15) is 18.0 Å². The topological polar surface area (TPSA) is 46.9 Å². The minimum Gasteiger partial charge on any atom is -0.351 e. The highest BCUT2D eigenvalue weighted by atomic mass is 19.4. The van der Waals surface area contributed by atoms with Gasteiger partial charge in [0.1, 0.15) is 6.04 Å². The van der Waals surface area contributed by atoms with Crippen LogP contribution in [0.3, 0.4) is 0 Å². The normalized spacial score (nSPS) is 24.1. The highest BCUT2D eigenvalue weighted by Crippen LogP contribution is 2.29. The number of hydrogen-bond acceptors (Lipinski definition) is 2. The smallest absolute Gasteiger partial charge is 0.351 e. The molecular weight excluding hydrogens is 295 g/mol. The van der Waals surface area contributed by atoms with Gasteiger partial charge in [0.2, 0.25) is 5.91 Å². The van der Waals surface area contributed by atoms with Gasteiger partial charge in [-0.3, -0.25) is 9.48 Å². The molecule has 0 bridgehead atoms. The first-order chi connectivity index (χ1) is 10.2. The van der Waals surface area contributed by atoms with E-state index in [-0.39, 0.29) is 11.9 Å². The second kappa shape index (κ2) is 6.30. The maximum atomic E-state index is 12.7. The van der Waals surface area contributed by atoms with Gasteiger partial charge in [-0.2, -0.15) is 18.3 Å². The summed E-state index contributed by atoms with van der Waals surface area (Å²) in [5, 5.41) is 6.51. The van der Waals surface area contributed by atoms with Gasteiger partial charge in [-0.25, -0.2) is 0 Å². The van der Waals surface area contributed by atoms with Crippen molar-refractivity contribution in [1.82, 2.24) is 15.1 Å². The van der Waals surface area contributed by atoms with Crippen molar-refractivity contribution < 1.29 is 18.0 Å². The maximum Gasteiger partial charge on any atom is 0.435 e. The Morgan fingerprint density at radius 2 is 2.05 bits per heavy atom. The van der Waals surface area contributed by atoms with Crippen LogP contribution < -0.4 is 5.32 Å². The second-order valence-corrected chi connectivity index (χ2v) is 6.17. The molecular formula is C15H22F3N3O. The van der Waals surface area contributed by atoms with Gasteiger partial charge >= 0.3 is 6.18 Å². The molecule has 1 aliphatic carbocycles. The molecule has 1 fully saturated rings. The largest absolute Gasteiger partial charge is 0.435 e. The van der Waals surface area contributed by atoms with Gasteiger partial charge in [0.25, 0.3) is 0 Å². The van der Waals surface area contributed by atoms with Crippen molar-refractivity contribution in [2.75, 3.05) is 0 Å². The van der Waals surface area contributed by atoms with E-state index in [1.165, 1.54) is 6.92 Å². The summed E-state index contributed by atoms with van der Waals surface area (Å²) in [7, 11) is 0. The Kier molecular flexibility index (Phi) is 4.82. The van der Waals surface area contributed by atoms with Gasteiger partial charge < -0.3 is 5.32 Å². The summed E-state index contributed by atoms with van der Waals surface area (Å²) < 4.78 is 39.2. The van der Waals surface area contributed by atoms with Crippen LogP contribution in [0, 0.1) is 12.8 Å². The number of alkyl halides is 3. The molecule has 0 aromatic carbocycles. The van der Waals surface area contributed by atoms with Gasteiger partial charge in [-0.05, 0) is 38.7 Å². The zero-order valence-corrected chi connectivity index (χ0v) is 13.1. The predicted molar refractivity (Wildman–Crippen MR) is 76.2 cm³/mol. The quantitative estimate of drug-likeness (QED) is 0.928. The molecule has 7 heteroatoms. The number of nitrogens with zero attached hydrogens (tertiary/aromatic N) is 2. The summed E-state index contributed by atoms with van der Waals surface area (Å²) in [6.45, 7) is 5.19. The van der Waals surface area contributed by atoms with Gasteiger partial charge in [0.15, 0.2) is 5.69 Å². The minimum atomic E-state index is -4.50. The predicted octanol–water partition coefficient (Wildman–Crippen LogP) is 3.47. The van der Waals surface area contributed by atoms with Crippen molar-refractivity contribution in [2.24, 2.45) is 5.92 Å². The van der Waals surface area contributed by atoms with Gasteiger partial charge in [0, 0.05) is 11.7 Å². The van der Waals surface area contributed by atoms with Crippen LogP contribution in [0.5, 0.6) is 0 Å². The first kappa shape index (κ1) is 16.8. The molecule has 1 aromatic rings. The SMILES string of the molecule is Cc1cc(C(F)(F)F)nn1[C@H](C)C(=O)N[C@H]1CCCC[C@@H]1C. The van der Waals surface area contributed by atoms with Gasteiger partial charge in [-0.15, -0.1) is 0 Å². The molecule has 1 aromatic heterocycles. The lowest BCUT2D eigenvalue weighted by molar-refractivity contribution is -0.142.